The minimum absolute atomic E-state index is 1.17. The number of aromatic nitrogens is 1. The van der Waals surface area contributed by atoms with Crippen molar-refractivity contribution in [1.82, 2.24) is 4.98 Å². The van der Waals surface area contributed by atoms with Crippen molar-refractivity contribution in [3.63, 3.8) is 0 Å². The van der Waals surface area contributed by atoms with Gasteiger partial charge in [-0.05, 0) is 30.0 Å². The molecule has 0 amide bonds. The zero-order chi connectivity index (χ0) is 14.4. The summed E-state index contributed by atoms with van der Waals surface area (Å²) < 4.78 is 1.33. The fourth-order valence-electron chi connectivity index (χ4n) is 2.97. The van der Waals surface area contributed by atoms with Gasteiger partial charge in [0.05, 0.1) is 10.6 Å². The van der Waals surface area contributed by atoms with E-state index in [0.29, 0.717) is 0 Å². The summed E-state index contributed by atoms with van der Waals surface area (Å²) in [6, 6.07) is 17.0. The van der Waals surface area contributed by atoms with Crippen LogP contribution in [0.4, 0.5) is 0 Å². The molecule has 102 valence electrons. The van der Waals surface area contributed by atoms with Crippen molar-refractivity contribution in [2.24, 2.45) is 0 Å². The first-order valence-corrected chi connectivity index (χ1v) is 7.83. The molecular weight excluding hydrogens is 274 g/mol. The molecule has 0 aliphatic carbocycles. The van der Waals surface area contributed by atoms with Crippen LogP contribution in [0.1, 0.15) is 11.1 Å². The van der Waals surface area contributed by atoms with Gasteiger partial charge >= 0.3 is 0 Å². The number of fused-ring (bicyclic) bond motifs is 2. The second-order valence-electron chi connectivity index (χ2n) is 5.22. The van der Waals surface area contributed by atoms with Crippen LogP contribution < -0.4 is 0 Å². The van der Waals surface area contributed by atoms with E-state index >= 15 is 0 Å². The first-order valence-electron chi connectivity index (χ1n) is 7.01. The maximum atomic E-state index is 4.01. The molecule has 2 aromatic heterocycles. The van der Waals surface area contributed by atoms with Gasteiger partial charge in [-0.15, -0.1) is 11.3 Å². The summed E-state index contributed by atoms with van der Waals surface area (Å²) >= 11 is 1.84. The minimum Gasteiger partial charge on any atom is -0.353 e. The molecule has 21 heavy (non-hydrogen) atoms. The molecule has 0 saturated carbocycles. The molecule has 4 aromatic rings. The van der Waals surface area contributed by atoms with Crippen molar-refractivity contribution in [2.75, 3.05) is 0 Å². The van der Waals surface area contributed by atoms with Crippen molar-refractivity contribution in [2.45, 2.75) is 6.92 Å². The van der Waals surface area contributed by atoms with Gasteiger partial charge in [-0.3, -0.25) is 0 Å². The highest BCUT2D eigenvalue weighted by Crippen LogP contribution is 2.41. The minimum atomic E-state index is 1.17. The Morgan fingerprint density at radius 3 is 2.48 bits per heavy atom. The number of hydrogen-bond acceptors (Lipinski definition) is 1. The van der Waals surface area contributed by atoms with Gasteiger partial charge in [0.1, 0.15) is 0 Å². The molecule has 0 bridgehead atoms. The predicted molar refractivity (Wildman–Crippen MR) is 93.9 cm³/mol. The molecule has 2 heteroatoms. The maximum Gasteiger partial charge on any atom is 0.0642 e. The van der Waals surface area contributed by atoms with Gasteiger partial charge in [0.2, 0.25) is 0 Å². The number of aromatic amines is 1. The lowest BCUT2D eigenvalue weighted by Crippen LogP contribution is -1.79. The van der Waals surface area contributed by atoms with E-state index < -0.39 is 0 Å². The van der Waals surface area contributed by atoms with Crippen LogP contribution in [0.25, 0.3) is 37.6 Å². The van der Waals surface area contributed by atoms with Crippen LogP contribution in [-0.4, -0.2) is 4.98 Å². The largest absolute Gasteiger partial charge is 0.353 e. The molecule has 0 aliphatic rings. The van der Waals surface area contributed by atoms with Crippen LogP contribution in [0.2, 0.25) is 0 Å². The number of benzene rings is 2. The highest BCUT2D eigenvalue weighted by Gasteiger charge is 2.16. The van der Waals surface area contributed by atoms with Crippen LogP contribution in [0.5, 0.6) is 0 Å². The Labute approximate surface area is 127 Å². The average molecular weight is 289 g/mol. The van der Waals surface area contributed by atoms with E-state index in [1.165, 1.54) is 42.7 Å². The zero-order valence-electron chi connectivity index (χ0n) is 11.8. The summed E-state index contributed by atoms with van der Waals surface area (Å²) in [5.41, 5.74) is 4.88. The molecule has 0 fully saturated rings. The number of rotatable bonds is 2. The number of para-hydroxylation sites is 1. The Kier molecular flexibility index (Phi) is 2.72. The molecule has 2 aromatic carbocycles. The lowest BCUT2D eigenvalue weighted by molar-refractivity contribution is 1.45. The fourth-order valence-corrected chi connectivity index (χ4v) is 4.19. The standard InChI is InChI=1S/C19H15NS/c1-3-13-15-9-4-6-10-16(15)20-18(13)19-12(2)14-8-5-7-11-17(14)21-19/h3-11,20H,1H2,2H3. The second kappa shape index (κ2) is 4.61. The van der Waals surface area contributed by atoms with Crippen molar-refractivity contribution in [1.29, 1.82) is 0 Å². The second-order valence-corrected chi connectivity index (χ2v) is 6.27. The van der Waals surface area contributed by atoms with Crippen LogP contribution >= 0.6 is 11.3 Å². The summed E-state index contributed by atoms with van der Waals surface area (Å²) in [5, 5.41) is 2.57. The topological polar surface area (TPSA) is 15.8 Å². The molecule has 0 unspecified atom stereocenters. The zero-order valence-corrected chi connectivity index (χ0v) is 12.6. The van der Waals surface area contributed by atoms with Crippen molar-refractivity contribution < 1.29 is 0 Å². The third-order valence-electron chi connectivity index (χ3n) is 4.02. The first kappa shape index (κ1) is 12.4. The van der Waals surface area contributed by atoms with Crippen LogP contribution in [0.15, 0.2) is 55.1 Å². The van der Waals surface area contributed by atoms with E-state index in [9.17, 15) is 0 Å². The lowest BCUT2D eigenvalue weighted by Gasteiger charge is -1.99. The summed E-state index contributed by atoms with van der Waals surface area (Å²) in [4.78, 5) is 4.88. The number of nitrogens with one attached hydrogen (secondary N) is 1. The van der Waals surface area contributed by atoms with E-state index in [4.69, 9.17) is 0 Å². The van der Waals surface area contributed by atoms with Crippen LogP contribution in [0, 0.1) is 6.92 Å². The Hall–Kier alpha value is -2.32. The molecule has 0 atom stereocenters. The number of aryl methyl sites for hydroxylation is 1. The van der Waals surface area contributed by atoms with Crippen molar-refractivity contribution in [3.8, 4) is 10.6 Å². The van der Waals surface area contributed by atoms with E-state index in [-0.39, 0.29) is 0 Å². The van der Waals surface area contributed by atoms with Gasteiger partial charge in [-0.25, -0.2) is 0 Å². The summed E-state index contributed by atoms with van der Waals surface area (Å²) in [6.07, 6.45) is 1.96. The third kappa shape index (κ3) is 1.76. The maximum absolute atomic E-state index is 4.01. The van der Waals surface area contributed by atoms with E-state index in [0.717, 1.165) is 0 Å². The van der Waals surface area contributed by atoms with Crippen molar-refractivity contribution >= 4 is 38.4 Å². The van der Waals surface area contributed by atoms with Gasteiger partial charge < -0.3 is 4.98 Å². The van der Waals surface area contributed by atoms with Gasteiger partial charge in [-0.2, -0.15) is 0 Å². The molecule has 0 spiro atoms. The quantitative estimate of drug-likeness (QED) is 0.465. The molecule has 0 saturated heterocycles. The van der Waals surface area contributed by atoms with Gasteiger partial charge in [-0.1, -0.05) is 49.1 Å². The highest BCUT2D eigenvalue weighted by atomic mass is 32.1. The number of thiophene rings is 1. The first-order chi connectivity index (χ1) is 10.3. The number of H-pyrrole nitrogens is 1. The highest BCUT2D eigenvalue weighted by molar-refractivity contribution is 7.22. The van der Waals surface area contributed by atoms with Gasteiger partial charge in [0.15, 0.2) is 0 Å². The summed E-state index contributed by atoms with van der Waals surface area (Å²) in [7, 11) is 0. The normalized spacial score (nSPS) is 11.3. The Bertz CT molecular complexity index is 972. The Morgan fingerprint density at radius 2 is 1.71 bits per heavy atom. The monoisotopic (exact) mass is 289 g/mol. The average Bonchev–Trinajstić information content (AvgIpc) is 3.05. The van der Waals surface area contributed by atoms with Crippen LogP contribution in [0.3, 0.4) is 0 Å². The van der Waals surface area contributed by atoms with Crippen molar-refractivity contribution in [3.05, 3.63) is 66.2 Å². The van der Waals surface area contributed by atoms with E-state index in [1.807, 2.05) is 17.4 Å². The van der Waals surface area contributed by atoms with E-state index in [1.54, 1.807) is 0 Å². The van der Waals surface area contributed by atoms with Crippen LogP contribution in [-0.2, 0) is 0 Å². The molecule has 2 heterocycles. The predicted octanol–water partition coefficient (Wildman–Crippen LogP) is 6.00. The Morgan fingerprint density at radius 1 is 1.00 bits per heavy atom. The third-order valence-corrected chi connectivity index (χ3v) is 5.31. The molecule has 0 radical (unpaired) electrons. The number of hydrogen-bond donors (Lipinski definition) is 1. The fraction of sp³-hybridized carbons (Fsp3) is 0.0526. The SMILES string of the molecule is C=Cc1c(-c2sc3ccccc3c2C)[nH]c2ccccc12. The smallest absolute Gasteiger partial charge is 0.0642 e. The summed E-state index contributed by atoms with van der Waals surface area (Å²) in [5.74, 6) is 0. The molecule has 1 N–H and O–H groups in total. The lowest BCUT2D eigenvalue weighted by atomic mass is 10.1. The summed E-state index contributed by atoms with van der Waals surface area (Å²) in [6.45, 7) is 6.21. The molecular formula is C19H15NS. The van der Waals surface area contributed by atoms with E-state index in [2.05, 4.69) is 67.0 Å². The molecule has 1 nitrogen and oxygen atoms in total. The van der Waals surface area contributed by atoms with Gasteiger partial charge in [0.25, 0.3) is 0 Å². The Balaban J connectivity index is 2.08. The molecule has 4 rings (SSSR count). The van der Waals surface area contributed by atoms with Gasteiger partial charge in [0, 0.05) is 21.2 Å². The molecule has 0 aliphatic heterocycles.